The van der Waals surface area contributed by atoms with E-state index >= 15 is 0 Å². The van der Waals surface area contributed by atoms with E-state index in [-0.39, 0.29) is 24.0 Å². The first-order valence-corrected chi connectivity index (χ1v) is 12.5. The molecule has 14 heteroatoms. The maximum absolute atomic E-state index is 13.0. The van der Waals surface area contributed by atoms with E-state index in [2.05, 4.69) is 15.9 Å². The number of aliphatic hydroxyl groups excluding tert-OH is 2. The Morgan fingerprint density at radius 1 is 0.581 bits per heavy atom. The maximum Gasteiger partial charge on any atom is 0.488 e. The predicted octanol–water partition coefficient (Wildman–Crippen LogP) is 7.27. The van der Waals surface area contributed by atoms with Gasteiger partial charge < -0.3 is 20.3 Å². The van der Waals surface area contributed by atoms with Gasteiger partial charge in [0.25, 0.3) is 0 Å². The number of halogens is 9. The standard InChI is InChI=1S/C14H10F4O.C8H6BrF3O.C6H6BFO2.CH4/c15-12-3-1-2-11(8-12)9-4-6-10(7-5-9)13(19)14(16,17)18;9-6-3-1-5(2-4-6)7(13)8(10,11)12;8-6-3-1-2-5(4-6)7(9)10;/h1-8,13,19H;1-4,7,13H;1-4,9-10H;1H4/t13-;7-;;/m11../s1. The van der Waals surface area contributed by atoms with Gasteiger partial charge in [0, 0.05) is 4.47 Å². The lowest BCUT2D eigenvalue weighted by Crippen LogP contribution is -2.29. The largest absolute Gasteiger partial charge is 0.488 e. The van der Waals surface area contributed by atoms with E-state index in [1.165, 1.54) is 84.9 Å². The molecule has 4 aromatic carbocycles. The quantitative estimate of drug-likeness (QED) is 0.135. The molecule has 4 rings (SSSR count). The van der Waals surface area contributed by atoms with E-state index in [0.29, 0.717) is 15.6 Å². The smallest absolute Gasteiger partial charge is 0.423 e. The molecule has 0 radical (unpaired) electrons. The average molecular weight is 681 g/mol. The minimum absolute atomic E-state index is 0. The van der Waals surface area contributed by atoms with Gasteiger partial charge in [-0.3, -0.25) is 0 Å². The van der Waals surface area contributed by atoms with Crippen molar-refractivity contribution in [1.29, 1.82) is 0 Å². The SMILES string of the molecule is C.OB(O)c1cccc(F)c1.O[C@H](c1ccc(-c2cccc(F)c2)cc1)C(F)(F)F.O[C@H](c1ccc(Br)cc1)C(F)(F)F. The minimum Gasteiger partial charge on any atom is -0.423 e. The molecule has 0 saturated heterocycles. The third-order valence-electron chi connectivity index (χ3n) is 5.34. The summed E-state index contributed by atoms with van der Waals surface area (Å²) in [6.45, 7) is 0. The molecular formula is C29H26BBrF8O4. The first kappa shape index (κ1) is 37.7. The zero-order valence-corrected chi connectivity index (χ0v) is 22.7. The van der Waals surface area contributed by atoms with Crippen LogP contribution in [0.1, 0.15) is 30.8 Å². The van der Waals surface area contributed by atoms with Crippen LogP contribution in [0.15, 0.2) is 102 Å². The van der Waals surface area contributed by atoms with Gasteiger partial charge in [-0.05, 0) is 64.1 Å². The second-order valence-corrected chi connectivity index (χ2v) is 9.42. The minimum atomic E-state index is -4.69. The van der Waals surface area contributed by atoms with Crippen molar-refractivity contribution >= 4 is 28.5 Å². The fourth-order valence-corrected chi connectivity index (χ4v) is 3.48. The monoisotopic (exact) mass is 680 g/mol. The topological polar surface area (TPSA) is 80.9 Å². The van der Waals surface area contributed by atoms with Gasteiger partial charge in [0.05, 0.1) is 0 Å². The van der Waals surface area contributed by atoms with E-state index in [4.69, 9.17) is 20.3 Å². The molecular weight excluding hydrogens is 655 g/mol. The van der Waals surface area contributed by atoms with Gasteiger partial charge in [-0.25, -0.2) is 8.78 Å². The summed E-state index contributed by atoms with van der Waals surface area (Å²) < 4.78 is 98.9. The first-order chi connectivity index (χ1) is 19.5. The van der Waals surface area contributed by atoms with Crippen molar-refractivity contribution in [1.82, 2.24) is 0 Å². The van der Waals surface area contributed by atoms with Crippen LogP contribution in [0.3, 0.4) is 0 Å². The Balaban J connectivity index is 0.000000337. The van der Waals surface area contributed by atoms with Gasteiger partial charge in [0.1, 0.15) is 11.6 Å². The van der Waals surface area contributed by atoms with Crippen molar-refractivity contribution in [2.24, 2.45) is 0 Å². The van der Waals surface area contributed by atoms with Crippen LogP contribution in [0.25, 0.3) is 11.1 Å². The summed E-state index contributed by atoms with van der Waals surface area (Å²) in [5, 5.41) is 35.0. The van der Waals surface area contributed by atoms with Gasteiger partial charge in [0.2, 0.25) is 0 Å². The highest BCUT2D eigenvalue weighted by Crippen LogP contribution is 2.34. The summed E-state index contributed by atoms with van der Waals surface area (Å²) in [5.74, 6) is -0.887. The Kier molecular flexibility index (Phi) is 14.5. The molecule has 0 spiro atoms. The summed E-state index contributed by atoms with van der Waals surface area (Å²) in [6, 6.07) is 21.4. The van der Waals surface area contributed by atoms with Gasteiger partial charge in [-0.1, -0.05) is 84.0 Å². The van der Waals surface area contributed by atoms with Crippen molar-refractivity contribution < 1.29 is 55.4 Å². The van der Waals surface area contributed by atoms with E-state index < -0.39 is 43.3 Å². The Labute approximate surface area is 251 Å². The van der Waals surface area contributed by atoms with Crippen molar-refractivity contribution in [2.45, 2.75) is 32.0 Å². The summed E-state index contributed by atoms with van der Waals surface area (Å²) in [5.41, 5.74) is 0.911. The molecule has 0 fully saturated rings. The van der Waals surface area contributed by atoms with Crippen molar-refractivity contribution in [3.05, 3.63) is 124 Å². The first-order valence-electron chi connectivity index (χ1n) is 11.7. The number of benzene rings is 4. The van der Waals surface area contributed by atoms with Crippen LogP contribution in [0, 0.1) is 11.6 Å². The normalized spacial score (nSPS) is 12.4. The molecule has 0 aliphatic rings. The van der Waals surface area contributed by atoms with E-state index in [1.54, 1.807) is 6.07 Å². The van der Waals surface area contributed by atoms with Crippen LogP contribution in [-0.4, -0.2) is 39.7 Å². The van der Waals surface area contributed by atoms with E-state index in [1.807, 2.05) is 0 Å². The Hall–Kier alpha value is -3.30. The lowest BCUT2D eigenvalue weighted by Gasteiger charge is -2.15. The van der Waals surface area contributed by atoms with Crippen LogP contribution in [0.2, 0.25) is 0 Å². The molecule has 232 valence electrons. The molecule has 0 bridgehead atoms. The third kappa shape index (κ3) is 12.5. The lowest BCUT2D eigenvalue weighted by atomic mass is 9.80. The van der Waals surface area contributed by atoms with Gasteiger partial charge in [-0.15, -0.1) is 0 Å². The number of aliphatic hydroxyl groups is 2. The summed E-state index contributed by atoms with van der Waals surface area (Å²) in [7, 11) is -1.59. The molecule has 0 aliphatic carbocycles. The number of rotatable bonds is 4. The second-order valence-electron chi connectivity index (χ2n) is 8.50. The molecule has 0 aromatic heterocycles. The molecule has 43 heavy (non-hydrogen) atoms. The van der Waals surface area contributed by atoms with Crippen LogP contribution in [0.4, 0.5) is 35.1 Å². The van der Waals surface area contributed by atoms with Gasteiger partial charge in [0.15, 0.2) is 12.2 Å². The Bertz CT molecular complexity index is 1400. The summed E-state index contributed by atoms with van der Waals surface area (Å²) in [4.78, 5) is 0. The van der Waals surface area contributed by atoms with Crippen LogP contribution in [-0.2, 0) is 0 Å². The van der Waals surface area contributed by atoms with E-state index in [0.717, 1.165) is 6.07 Å². The highest BCUT2D eigenvalue weighted by atomic mass is 79.9. The summed E-state index contributed by atoms with van der Waals surface area (Å²) in [6.07, 6.45) is -14.2. The Morgan fingerprint density at radius 3 is 1.37 bits per heavy atom. The predicted molar refractivity (Wildman–Crippen MR) is 151 cm³/mol. The highest BCUT2D eigenvalue weighted by Gasteiger charge is 2.39. The van der Waals surface area contributed by atoms with E-state index in [9.17, 15) is 35.1 Å². The highest BCUT2D eigenvalue weighted by molar-refractivity contribution is 9.10. The number of hydrogen-bond donors (Lipinski definition) is 4. The lowest BCUT2D eigenvalue weighted by molar-refractivity contribution is -0.207. The van der Waals surface area contributed by atoms with Gasteiger partial charge >= 0.3 is 19.5 Å². The molecule has 4 nitrogen and oxygen atoms in total. The zero-order valence-electron chi connectivity index (χ0n) is 21.2. The molecule has 0 amide bonds. The van der Waals surface area contributed by atoms with Crippen LogP contribution >= 0.6 is 15.9 Å². The average Bonchev–Trinajstić information content (AvgIpc) is 2.92. The van der Waals surface area contributed by atoms with Gasteiger partial charge in [-0.2, -0.15) is 26.3 Å². The fraction of sp³-hybridized carbons (Fsp3) is 0.172. The van der Waals surface area contributed by atoms with Crippen molar-refractivity contribution in [3.8, 4) is 11.1 Å². The van der Waals surface area contributed by atoms with Crippen molar-refractivity contribution in [2.75, 3.05) is 0 Å². The molecule has 4 N–H and O–H groups in total. The number of alkyl halides is 6. The molecule has 0 aliphatic heterocycles. The fourth-order valence-electron chi connectivity index (χ4n) is 3.22. The summed E-state index contributed by atoms with van der Waals surface area (Å²) >= 11 is 3.08. The Morgan fingerprint density at radius 2 is 1.00 bits per heavy atom. The third-order valence-corrected chi connectivity index (χ3v) is 5.87. The number of hydrogen-bond acceptors (Lipinski definition) is 4. The maximum atomic E-state index is 13.0. The van der Waals surface area contributed by atoms with Crippen molar-refractivity contribution in [3.63, 3.8) is 0 Å². The molecule has 0 saturated carbocycles. The second kappa shape index (κ2) is 16.5. The van der Waals surface area contributed by atoms with Crippen LogP contribution < -0.4 is 5.46 Å². The van der Waals surface area contributed by atoms with Crippen LogP contribution in [0.5, 0.6) is 0 Å². The zero-order chi connectivity index (χ0) is 31.7. The molecule has 0 heterocycles. The molecule has 4 aromatic rings. The molecule has 2 atom stereocenters. The molecule has 0 unspecified atom stereocenters.